The third-order valence-electron chi connectivity index (χ3n) is 3.70. The van der Waals surface area contributed by atoms with E-state index >= 15 is 0 Å². The van der Waals surface area contributed by atoms with E-state index in [2.05, 4.69) is 93.2 Å². The van der Waals surface area contributed by atoms with E-state index in [4.69, 9.17) is 0 Å². The lowest BCUT2D eigenvalue weighted by Gasteiger charge is -2.03. The Kier molecular flexibility index (Phi) is 17.5. The fraction of sp³-hybridized carbons (Fsp3) is 0.292. The van der Waals surface area contributed by atoms with Crippen LogP contribution >= 0.6 is 11.6 Å². The van der Waals surface area contributed by atoms with Crippen LogP contribution in [0.15, 0.2) is 66.2 Å². The first-order valence-corrected chi connectivity index (χ1v) is 9.25. The van der Waals surface area contributed by atoms with Crippen LogP contribution in [0.1, 0.15) is 37.0 Å². The van der Waals surface area contributed by atoms with Crippen molar-refractivity contribution in [2.24, 2.45) is 4.99 Å². The summed E-state index contributed by atoms with van der Waals surface area (Å²) in [5, 5.41) is 0. The Hall–Kier alpha value is -2.30. The van der Waals surface area contributed by atoms with Gasteiger partial charge in [0.2, 0.25) is 0 Å². The molecule has 0 amide bonds. The van der Waals surface area contributed by atoms with Crippen LogP contribution in [0, 0.1) is 19.8 Å². The first-order chi connectivity index (χ1) is 12.6. The van der Waals surface area contributed by atoms with Crippen molar-refractivity contribution >= 4 is 22.9 Å². The van der Waals surface area contributed by atoms with Gasteiger partial charge in [-0.3, -0.25) is 4.99 Å². The molecule has 140 valence electrons. The van der Waals surface area contributed by atoms with E-state index in [1.165, 1.54) is 34.4 Å². The minimum absolute atomic E-state index is 0.975. The largest absolute Gasteiger partial charge is 0.297 e. The van der Waals surface area contributed by atoms with Crippen molar-refractivity contribution in [1.82, 2.24) is 0 Å². The quantitative estimate of drug-likeness (QED) is 0.317. The maximum atomic E-state index is 4.64. The molecule has 2 heteroatoms. The van der Waals surface area contributed by atoms with Crippen LogP contribution in [0.4, 0.5) is 0 Å². The number of allylic oxidation sites excluding steroid dienone is 1. The van der Waals surface area contributed by atoms with Crippen molar-refractivity contribution in [3.63, 3.8) is 0 Å². The Bertz CT molecular complexity index is 654. The Morgan fingerprint density at radius 2 is 1.50 bits per heavy atom. The number of benzene rings is 2. The molecule has 0 radical (unpaired) electrons. The number of terminal acetylenes is 1. The second kappa shape index (κ2) is 17.5. The molecule has 1 nitrogen and oxygen atoms in total. The normalized spacial score (nSPS) is 9.31. The maximum absolute atomic E-state index is 4.64. The van der Waals surface area contributed by atoms with Gasteiger partial charge in [0.1, 0.15) is 0 Å². The number of halogens is 1. The molecular weight excluding hydrogens is 338 g/mol. The average Bonchev–Trinajstić information content (AvgIpc) is 2.73. The summed E-state index contributed by atoms with van der Waals surface area (Å²) in [7, 11) is 1.84. The molecule has 2 aromatic rings. The summed E-state index contributed by atoms with van der Waals surface area (Å²) in [6.45, 7) is 10.3. The molecule has 0 bridgehead atoms. The van der Waals surface area contributed by atoms with Crippen molar-refractivity contribution in [3.8, 4) is 12.8 Å². The van der Waals surface area contributed by atoms with E-state index in [9.17, 15) is 0 Å². The van der Waals surface area contributed by atoms with Crippen molar-refractivity contribution in [2.75, 3.05) is 13.4 Å². The highest BCUT2D eigenvalue weighted by atomic mass is 35.5. The third kappa shape index (κ3) is 11.3. The summed E-state index contributed by atoms with van der Waals surface area (Å²) in [4.78, 5) is 4.14. The van der Waals surface area contributed by atoms with E-state index in [1.54, 1.807) is 0 Å². The summed E-state index contributed by atoms with van der Waals surface area (Å²) >= 11 is 4.64. The summed E-state index contributed by atoms with van der Waals surface area (Å²) < 4.78 is 0. The lowest BCUT2D eigenvalue weighted by Crippen LogP contribution is -1.98. The van der Waals surface area contributed by atoms with Crippen molar-refractivity contribution in [1.29, 1.82) is 0 Å². The third-order valence-corrected chi connectivity index (χ3v) is 3.70. The van der Waals surface area contributed by atoms with Gasteiger partial charge in [0.05, 0.1) is 0 Å². The van der Waals surface area contributed by atoms with E-state index in [1.807, 2.05) is 25.2 Å². The Morgan fingerprint density at radius 1 is 1.00 bits per heavy atom. The minimum Gasteiger partial charge on any atom is -0.297 e. The molecule has 0 aliphatic heterocycles. The first kappa shape index (κ1) is 25.9. The van der Waals surface area contributed by atoms with Crippen LogP contribution in [-0.4, -0.2) is 19.1 Å². The topological polar surface area (TPSA) is 12.4 Å². The lowest BCUT2D eigenvalue weighted by molar-refractivity contribution is 1.22. The monoisotopic (exact) mass is 369 g/mol. The SMILES string of the molecule is C#C.C=C(CC)c1ccccc1.CCl.CN=C(C)Cc1ccccc1C. The van der Waals surface area contributed by atoms with Crippen LogP contribution in [0.25, 0.3) is 5.57 Å². The van der Waals surface area contributed by atoms with Crippen LogP contribution in [0.5, 0.6) is 0 Å². The highest BCUT2D eigenvalue weighted by Crippen LogP contribution is 2.13. The summed E-state index contributed by atoms with van der Waals surface area (Å²) in [5.74, 6) is 0. The van der Waals surface area contributed by atoms with Gasteiger partial charge in [-0.15, -0.1) is 24.4 Å². The molecule has 0 saturated heterocycles. The van der Waals surface area contributed by atoms with Gasteiger partial charge in [0, 0.05) is 25.6 Å². The van der Waals surface area contributed by atoms with E-state index in [0.717, 1.165) is 12.8 Å². The predicted molar refractivity (Wildman–Crippen MR) is 121 cm³/mol. The summed E-state index contributed by atoms with van der Waals surface area (Å²) in [6.07, 6.45) is 11.5. The Morgan fingerprint density at radius 3 is 1.96 bits per heavy atom. The van der Waals surface area contributed by atoms with Crippen molar-refractivity contribution < 1.29 is 0 Å². The molecule has 0 heterocycles. The Labute approximate surface area is 165 Å². The fourth-order valence-corrected chi connectivity index (χ4v) is 2.04. The smallest absolute Gasteiger partial charge is 0.0276 e. The molecule has 0 aliphatic rings. The van der Waals surface area contributed by atoms with Gasteiger partial charge < -0.3 is 0 Å². The first-order valence-electron chi connectivity index (χ1n) is 8.49. The zero-order valence-corrected chi connectivity index (χ0v) is 17.6. The van der Waals surface area contributed by atoms with Crippen molar-refractivity contribution in [2.45, 2.75) is 33.6 Å². The molecule has 0 atom stereocenters. The molecule has 0 N–H and O–H groups in total. The zero-order valence-electron chi connectivity index (χ0n) is 16.8. The van der Waals surface area contributed by atoms with Gasteiger partial charge >= 0.3 is 0 Å². The molecule has 0 spiro atoms. The van der Waals surface area contributed by atoms with Crippen LogP contribution in [0.2, 0.25) is 0 Å². The van der Waals surface area contributed by atoms with E-state index in [-0.39, 0.29) is 0 Å². The average molecular weight is 370 g/mol. The van der Waals surface area contributed by atoms with Crippen LogP contribution in [0.3, 0.4) is 0 Å². The van der Waals surface area contributed by atoms with Gasteiger partial charge in [0.25, 0.3) is 0 Å². The highest BCUT2D eigenvalue weighted by Gasteiger charge is 1.97. The van der Waals surface area contributed by atoms with E-state index in [0.29, 0.717) is 0 Å². The molecule has 0 aliphatic carbocycles. The number of nitrogens with zero attached hydrogens (tertiary/aromatic N) is 1. The fourth-order valence-electron chi connectivity index (χ4n) is 2.04. The molecule has 0 saturated carbocycles. The van der Waals surface area contributed by atoms with Gasteiger partial charge in [-0.2, -0.15) is 0 Å². The van der Waals surface area contributed by atoms with Gasteiger partial charge in [-0.05, 0) is 42.5 Å². The molecule has 0 aromatic heterocycles. The second-order valence-corrected chi connectivity index (χ2v) is 5.39. The second-order valence-electron chi connectivity index (χ2n) is 5.39. The van der Waals surface area contributed by atoms with Crippen LogP contribution in [-0.2, 0) is 6.42 Å². The number of aryl methyl sites for hydroxylation is 1. The zero-order chi connectivity index (χ0) is 20.4. The maximum Gasteiger partial charge on any atom is 0.0276 e. The molecule has 26 heavy (non-hydrogen) atoms. The molecule has 2 aromatic carbocycles. The molecule has 2 rings (SSSR count). The van der Waals surface area contributed by atoms with E-state index < -0.39 is 0 Å². The standard InChI is InChI=1S/C11H15N.C10H12.C2H2.CH3Cl/c1-9-6-4-5-7-11(9)8-10(2)12-3;1-3-9(2)10-7-5-4-6-8-10;2*1-2/h4-7H,8H2,1-3H3;4-8H,2-3H2,1H3;1-2H;1H3. The molecule has 0 unspecified atom stereocenters. The number of alkyl halides is 1. The lowest BCUT2D eigenvalue weighted by atomic mass is 10.0. The summed E-state index contributed by atoms with van der Waals surface area (Å²) in [5.41, 5.74) is 6.37. The van der Waals surface area contributed by atoms with Crippen molar-refractivity contribution in [3.05, 3.63) is 77.9 Å². The number of hydrogen-bond donors (Lipinski definition) is 0. The van der Waals surface area contributed by atoms with Gasteiger partial charge in [-0.1, -0.05) is 68.1 Å². The van der Waals surface area contributed by atoms with Gasteiger partial charge in [0.15, 0.2) is 0 Å². The molecular formula is C24H32ClN. The summed E-state index contributed by atoms with van der Waals surface area (Å²) in [6, 6.07) is 18.7. The number of aliphatic imine (C=N–C) groups is 1. The van der Waals surface area contributed by atoms with Crippen LogP contribution < -0.4 is 0 Å². The predicted octanol–water partition coefficient (Wildman–Crippen LogP) is 6.84. The number of hydrogen-bond acceptors (Lipinski definition) is 1. The Balaban J connectivity index is 0. The highest BCUT2D eigenvalue weighted by molar-refractivity contribution is 6.15. The minimum atomic E-state index is 0.975. The van der Waals surface area contributed by atoms with Gasteiger partial charge in [-0.25, -0.2) is 0 Å². The number of rotatable bonds is 4. The molecule has 0 fully saturated rings.